The molecule has 0 bridgehead atoms. The van der Waals surface area contributed by atoms with Gasteiger partial charge in [-0.3, -0.25) is 4.79 Å². The third kappa shape index (κ3) is 6.12. The minimum Gasteiger partial charge on any atom is -0.349 e. The fourth-order valence-electron chi connectivity index (χ4n) is 3.99. The molecule has 1 atom stereocenters. The first kappa shape index (κ1) is 24.7. The Morgan fingerprint density at radius 2 is 1.69 bits per heavy atom. The predicted octanol–water partition coefficient (Wildman–Crippen LogP) is 5.06. The molecule has 1 fully saturated rings. The van der Waals surface area contributed by atoms with Crippen molar-refractivity contribution < 1.29 is 13.2 Å². The average Bonchev–Trinajstić information content (AvgIpc) is 2.75. The lowest BCUT2D eigenvalue weighted by Gasteiger charge is -2.31. The summed E-state index contributed by atoms with van der Waals surface area (Å²) in [6.07, 6.45) is 1.03. The highest BCUT2D eigenvalue weighted by molar-refractivity contribution is 7.88. The first-order chi connectivity index (χ1) is 15.0. The van der Waals surface area contributed by atoms with Crippen LogP contribution in [0.15, 0.2) is 48.5 Å². The van der Waals surface area contributed by atoms with Crippen molar-refractivity contribution in [2.24, 2.45) is 5.92 Å². The molecule has 0 aromatic heterocycles. The van der Waals surface area contributed by atoms with Crippen molar-refractivity contribution >= 4 is 27.5 Å². The van der Waals surface area contributed by atoms with E-state index in [9.17, 15) is 13.2 Å². The molecule has 2 aromatic rings. The van der Waals surface area contributed by atoms with Crippen molar-refractivity contribution in [3.8, 4) is 0 Å². The summed E-state index contributed by atoms with van der Waals surface area (Å²) < 4.78 is 27.1. The fraction of sp³-hybridized carbons (Fsp3) is 0.480. The number of carbonyl (C=O) groups is 1. The maximum atomic E-state index is 12.8. The summed E-state index contributed by atoms with van der Waals surface area (Å²) in [6.45, 7) is 9.20. The Hall–Kier alpha value is -1.89. The Balaban J connectivity index is 1.54. The molecule has 1 unspecified atom stereocenters. The number of sulfonamides is 1. The van der Waals surface area contributed by atoms with Gasteiger partial charge in [-0.2, -0.15) is 0 Å². The van der Waals surface area contributed by atoms with E-state index in [2.05, 4.69) is 50.4 Å². The van der Waals surface area contributed by atoms with Gasteiger partial charge in [0, 0.05) is 24.0 Å². The van der Waals surface area contributed by atoms with Crippen molar-refractivity contribution in [2.75, 3.05) is 13.1 Å². The second-order valence-corrected chi connectivity index (χ2v) is 12.0. The van der Waals surface area contributed by atoms with Gasteiger partial charge in [-0.15, -0.1) is 0 Å². The van der Waals surface area contributed by atoms with Gasteiger partial charge in [-0.25, -0.2) is 12.7 Å². The number of nitrogens with one attached hydrogen (secondary N) is 1. The van der Waals surface area contributed by atoms with E-state index in [1.54, 1.807) is 24.3 Å². The molecule has 2 aromatic carbocycles. The molecule has 1 aliphatic rings. The lowest BCUT2D eigenvalue weighted by molar-refractivity contribution is -0.126. The van der Waals surface area contributed by atoms with Crippen LogP contribution in [0.1, 0.15) is 63.3 Å². The smallest absolute Gasteiger partial charge is 0.223 e. The molecule has 1 aliphatic heterocycles. The van der Waals surface area contributed by atoms with Gasteiger partial charge in [0.25, 0.3) is 0 Å². The Morgan fingerprint density at radius 3 is 2.25 bits per heavy atom. The first-order valence-corrected chi connectivity index (χ1v) is 13.1. The van der Waals surface area contributed by atoms with Gasteiger partial charge < -0.3 is 5.32 Å². The number of piperidine rings is 1. The monoisotopic (exact) mass is 476 g/mol. The molecule has 1 saturated heterocycles. The molecule has 5 nitrogen and oxygen atoms in total. The lowest BCUT2D eigenvalue weighted by Crippen LogP contribution is -2.43. The van der Waals surface area contributed by atoms with Gasteiger partial charge in [-0.1, -0.05) is 74.8 Å². The number of amides is 1. The summed E-state index contributed by atoms with van der Waals surface area (Å²) in [4.78, 5) is 12.8. The van der Waals surface area contributed by atoms with Crippen LogP contribution in [-0.4, -0.2) is 31.7 Å². The number of carbonyl (C=O) groups excluding carboxylic acids is 1. The molecule has 0 radical (unpaired) electrons. The molecule has 3 rings (SSSR count). The van der Waals surface area contributed by atoms with E-state index < -0.39 is 10.0 Å². The van der Waals surface area contributed by atoms with Crippen LogP contribution in [-0.2, 0) is 26.0 Å². The van der Waals surface area contributed by atoms with E-state index in [4.69, 9.17) is 11.6 Å². The van der Waals surface area contributed by atoms with E-state index in [-0.39, 0.29) is 29.0 Å². The molecular weight excluding hydrogens is 444 g/mol. The molecule has 1 heterocycles. The van der Waals surface area contributed by atoms with Crippen LogP contribution < -0.4 is 5.32 Å². The van der Waals surface area contributed by atoms with Crippen LogP contribution in [0.4, 0.5) is 0 Å². The SMILES string of the molecule is CC(NC(=O)C1CCN(S(=O)(=O)Cc2ccccc2Cl)CC1)c1ccc(C(C)(C)C)cc1. The zero-order valence-corrected chi connectivity index (χ0v) is 20.8. The van der Waals surface area contributed by atoms with Gasteiger partial charge >= 0.3 is 0 Å². The Bertz CT molecular complexity index is 1040. The van der Waals surface area contributed by atoms with Crippen molar-refractivity contribution in [1.29, 1.82) is 0 Å². The number of rotatable bonds is 6. The van der Waals surface area contributed by atoms with Crippen LogP contribution in [0.25, 0.3) is 0 Å². The van der Waals surface area contributed by atoms with Crippen molar-refractivity contribution in [1.82, 2.24) is 9.62 Å². The maximum Gasteiger partial charge on any atom is 0.223 e. The van der Waals surface area contributed by atoms with Gasteiger partial charge in [0.2, 0.25) is 15.9 Å². The number of nitrogens with zero attached hydrogens (tertiary/aromatic N) is 1. The zero-order valence-electron chi connectivity index (χ0n) is 19.3. The molecule has 32 heavy (non-hydrogen) atoms. The number of hydrogen-bond donors (Lipinski definition) is 1. The lowest BCUT2D eigenvalue weighted by atomic mass is 9.86. The highest BCUT2D eigenvalue weighted by Gasteiger charge is 2.32. The molecule has 0 aliphatic carbocycles. The minimum absolute atomic E-state index is 0.0134. The summed E-state index contributed by atoms with van der Waals surface area (Å²) >= 11 is 6.13. The van der Waals surface area contributed by atoms with Crippen LogP contribution in [0.2, 0.25) is 5.02 Å². The highest BCUT2D eigenvalue weighted by atomic mass is 35.5. The largest absolute Gasteiger partial charge is 0.349 e. The summed E-state index contributed by atoms with van der Waals surface area (Å²) in [5.74, 6) is -0.316. The molecule has 174 valence electrons. The summed E-state index contributed by atoms with van der Waals surface area (Å²) in [6, 6.07) is 15.2. The van der Waals surface area contributed by atoms with Gasteiger partial charge in [0.05, 0.1) is 11.8 Å². The van der Waals surface area contributed by atoms with Gasteiger partial charge in [0.15, 0.2) is 0 Å². The van der Waals surface area contributed by atoms with Crippen LogP contribution >= 0.6 is 11.6 Å². The number of benzene rings is 2. The maximum absolute atomic E-state index is 12.8. The van der Waals surface area contributed by atoms with E-state index >= 15 is 0 Å². The number of halogens is 1. The quantitative estimate of drug-likeness (QED) is 0.633. The average molecular weight is 477 g/mol. The summed E-state index contributed by atoms with van der Waals surface area (Å²) in [5.41, 5.74) is 3.00. The van der Waals surface area contributed by atoms with Gasteiger partial charge in [-0.05, 0) is 47.9 Å². The van der Waals surface area contributed by atoms with Crippen LogP contribution in [0, 0.1) is 5.92 Å². The molecule has 7 heteroatoms. The van der Waals surface area contributed by atoms with Gasteiger partial charge in [0.1, 0.15) is 0 Å². The molecular formula is C25H33ClN2O3S. The molecule has 0 spiro atoms. The van der Waals surface area contributed by atoms with E-state index in [1.165, 1.54) is 9.87 Å². The van der Waals surface area contributed by atoms with E-state index in [0.29, 0.717) is 36.5 Å². The second-order valence-electron chi connectivity index (χ2n) is 9.62. The third-order valence-corrected chi connectivity index (χ3v) is 8.35. The third-order valence-electron chi connectivity index (χ3n) is 6.15. The normalized spacial score (nSPS) is 17.2. The second kappa shape index (κ2) is 9.94. The summed E-state index contributed by atoms with van der Waals surface area (Å²) in [5, 5.41) is 3.55. The van der Waals surface area contributed by atoms with E-state index in [0.717, 1.165) is 5.56 Å². The highest BCUT2D eigenvalue weighted by Crippen LogP contribution is 2.26. The van der Waals surface area contributed by atoms with E-state index in [1.807, 2.05) is 6.92 Å². The summed E-state index contributed by atoms with van der Waals surface area (Å²) in [7, 11) is -3.47. The molecule has 1 amide bonds. The van der Waals surface area contributed by atoms with Crippen molar-refractivity contribution in [3.05, 3.63) is 70.2 Å². The molecule has 0 saturated carbocycles. The van der Waals surface area contributed by atoms with Crippen molar-refractivity contribution in [2.45, 2.75) is 57.7 Å². The topological polar surface area (TPSA) is 66.5 Å². The van der Waals surface area contributed by atoms with Crippen LogP contribution in [0.5, 0.6) is 0 Å². The standard InChI is InChI=1S/C25H33ClN2O3S/c1-18(19-9-11-22(12-10-19)25(2,3)4)27-24(29)20-13-15-28(16-14-20)32(30,31)17-21-7-5-6-8-23(21)26/h5-12,18,20H,13-17H2,1-4H3,(H,27,29). The molecule has 1 N–H and O–H groups in total. The Morgan fingerprint density at radius 1 is 1.09 bits per heavy atom. The number of hydrogen-bond acceptors (Lipinski definition) is 3. The predicted molar refractivity (Wildman–Crippen MR) is 130 cm³/mol. The van der Waals surface area contributed by atoms with Crippen molar-refractivity contribution in [3.63, 3.8) is 0 Å². The zero-order chi connectivity index (χ0) is 23.5. The Kier molecular flexibility index (Phi) is 7.69. The fourth-order valence-corrected chi connectivity index (χ4v) is 5.86. The Labute approximate surface area is 197 Å². The minimum atomic E-state index is -3.47. The first-order valence-electron chi connectivity index (χ1n) is 11.1. The van der Waals surface area contributed by atoms with Crippen LogP contribution in [0.3, 0.4) is 0 Å².